The number of aromatic hydroxyl groups is 1. The first-order valence-electron chi connectivity index (χ1n) is 3.74. The summed E-state index contributed by atoms with van der Waals surface area (Å²) in [5.74, 6) is -0.933. The van der Waals surface area contributed by atoms with Crippen LogP contribution in [0.4, 0.5) is 0 Å². The van der Waals surface area contributed by atoms with E-state index in [0.717, 1.165) is 19.2 Å². The lowest BCUT2D eigenvalue weighted by molar-refractivity contribution is 0.111. The lowest BCUT2D eigenvalue weighted by Gasteiger charge is -2.09. The molecule has 1 aromatic rings. The van der Waals surface area contributed by atoms with Gasteiger partial charge in [-0.3, -0.25) is 9.35 Å². The van der Waals surface area contributed by atoms with Gasteiger partial charge in [-0.2, -0.15) is 8.42 Å². The summed E-state index contributed by atoms with van der Waals surface area (Å²) in [7, 11) is -3.52. The van der Waals surface area contributed by atoms with Gasteiger partial charge in [0.25, 0.3) is 10.1 Å². The first-order chi connectivity index (χ1) is 6.91. The van der Waals surface area contributed by atoms with Crippen LogP contribution in [-0.4, -0.2) is 31.5 Å². The van der Waals surface area contributed by atoms with E-state index in [-0.39, 0.29) is 11.8 Å². The van der Waals surface area contributed by atoms with E-state index in [1.165, 1.54) is 0 Å². The van der Waals surface area contributed by atoms with Gasteiger partial charge in [0, 0.05) is 5.56 Å². The number of methoxy groups -OCH3 is 1. The zero-order valence-electron chi connectivity index (χ0n) is 7.67. The fourth-order valence-corrected chi connectivity index (χ4v) is 1.96. The Morgan fingerprint density at radius 3 is 2.40 bits per heavy atom. The first-order valence-corrected chi connectivity index (χ1v) is 5.18. The SMILES string of the molecule is COc1c(O)ccc(C=O)c1S(=O)(=O)O. The van der Waals surface area contributed by atoms with Crippen molar-refractivity contribution < 1.29 is 27.6 Å². The largest absolute Gasteiger partial charge is 0.504 e. The Morgan fingerprint density at radius 1 is 1.40 bits per heavy atom. The summed E-state index contributed by atoms with van der Waals surface area (Å²) in [4.78, 5) is 9.80. The van der Waals surface area contributed by atoms with Gasteiger partial charge in [0.1, 0.15) is 0 Å². The summed E-state index contributed by atoms with van der Waals surface area (Å²) in [5, 5.41) is 9.26. The van der Waals surface area contributed by atoms with Crippen molar-refractivity contribution in [3.8, 4) is 11.5 Å². The number of rotatable bonds is 3. The van der Waals surface area contributed by atoms with Crippen LogP contribution in [-0.2, 0) is 10.1 Å². The van der Waals surface area contributed by atoms with Crippen molar-refractivity contribution >= 4 is 16.4 Å². The fourth-order valence-electron chi connectivity index (χ4n) is 1.12. The maximum atomic E-state index is 11.0. The summed E-state index contributed by atoms with van der Waals surface area (Å²) in [6.07, 6.45) is 0.241. The maximum Gasteiger partial charge on any atom is 0.299 e. The highest BCUT2D eigenvalue weighted by atomic mass is 32.2. The molecule has 0 spiro atoms. The van der Waals surface area contributed by atoms with Gasteiger partial charge < -0.3 is 9.84 Å². The van der Waals surface area contributed by atoms with Crippen molar-refractivity contribution in [2.75, 3.05) is 7.11 Å². The molecule has 0 amide bonds. The molecule has 0 fully saturated rings. The minimum Gasteiger partial charge on any atom is -0.504 e. The van der Waals surface area contributed by atoms with Crippen LogP contribution in [0.25, 0.3) is 0 Å². The number of hydrogen-bond donors (Lipinski definition) is 2. The van der Waals surface area contributed by atoms with E-state index in [4.69, 9.17) is 4.55 Å². The van der Waals surface area contributed by atoms with Crippen LogP contribution in [0.5, 0.6) is 11.5 Å². The van der Waals surface area contributed by atoms with E-state index in [0.29, 0.717) is 0 Å². The van der Waals surface area contributed by atoms with Gasteiger partial charge in [0.15, 0.2) is 22.7 Å². The van der Waals surface area contributed by atoms with Crippen LogP contribution in [0.2, 0.25) is 0 Å². The average Bonchev–Trinajstić information content (AvgIpc) is 2.15. The predicted octanol–water partition coefficient (Wildman–Crippen LogP) is 0.460. The monoisotopic (exact) mass is 232 g/mol. The molecule has 0 radical (unpaired) electrons. The number of phenols is 1. The molecular weight excluding hydrogens is 224 g/mol. The van der Waals surface area contributed by atoms with Crippen molar-refractivity contribution in [1.29, 1.82) is 0 Å². The highest BCUT2D eigenvalue weighted by Gasteiger charge is 2.23. The molecule has 1 aromatic carbocycles. The summed E-state index contributed by atoms with van der Waals surface area (Å²) in [6.45, 7) is 0. The summed E-state index contributed by atoms with van der Waals surface area (Å²) in [6, 6.07) is 2.16. The molecule has 0 bridgehead atoms. The van der Waals surface area contributed by atoms with Crippen LogP contribution in [0.3, 0.4) is 0 Å². The zero-order valence-corrected chi connectivity index (χ0v) is 8.48. The third-order valence-corrected chi connectivity index (χ3v) is 2.65. The van der Waals surface area contributed by atoms with Crippen molar-refractivity contribution in [2.24, 2.45) is 0 Å². The minimum absolute atomic E-state index is 0.241. The molecule has 0 aliphatic carbocycles. The molecule has 82 valence electrons. The minimum atomic E-state index is -4.63. The maximum absolute atomic E-state index is 11.0. The molecule has 0 aliphatic rings. The second-order valence-corrected chi connectivity index (χ2v) is 3.99. The van der Waals surface area contributed by atoms with Gasteiger partial charge in [-0.25, -0.2) is 0 Å². The van der Waals surface area contributed by atoms with E-state index >= 15 is 0 Å². The number of hydrogen-bond acceptors (Lipinski definition) is 5. The van der Waals surface area contributed by atoms with Gasteiger partial charge in [-0.05, 0) is 12.1 Å². The summed E-state index contributed by atoms with van der Waals surface area (Å²) < 4.78 is 35.4. The van der Waals surface area contributed by atoms with E-state index in [2.05, 4.69) is 4.74 Å². The smallest absolute Gasteiger partial charge is 0.299 e. The highest BCUT2D eigenvalue weighted by Crippen LogP contribution is 2.35. The average molecular weight is 232 g/mol. The second kappa shape index (κ2) is 3.87. The molecule has 0 saturated heterocycles. The van der Waals surface area contributed by atoms with E-state index < -0.39 is 26.5 Å². The van der Waals surface area contributed by atoms with Crippen LogP contribution in [0.1, 0.15) is 10.4 Å². The Morgan fingerprint density at radius 2 is 2.00 bits per heavy atom. The van der Waals surface area contributed by atoms with Gasteiger partial charge >= 0.3 is 0 Å². The quantitative estimate of drug-likeness (QED) is 0.580. The van der Waals surface area contributed by atoms with Crippen molar-refractivity contribution in [3.05, 3.63) is 17.7 Å². The molecule has 15 heavy (non-hydrogen) atoms. The zero-order chi connectivity index (χ0) is 11.6. The molecular formula is C8H8O6S. The Bertz CT molecular complexity index is 490. The van der Waals surface area contributed by atoms with Crippen molar-refractivity contribution in [1.82, 2.24) is 0 Å². The Balaban J connectivity index is 3.70. The normalized spacial score (nSPS) is 11.1. The number of benzene rings is 1. The molecule has 0 heterocycles. The van der Waals surface area contributed by atoms with E-state index in [1.807, 2.05) is 0 Å². The van der Waals surface area contributed by atoms with Crippen molar-refractivity contribution in [2.45, 2.75) is 4.90 Å². The number of phenolic OH excluding ortho intramolecular Hbond substituents is 1. The van der Waals surface area contributed by atoms with Crippen molar-refractivity contribution in [3.63, 3.8) is 0 Å². The molecule has 0 atom stereocenters. The lowest BCUT2D eigenvalue weighted by atomic mass is 10.2. The van der Waals surface area contributed by atoms with Crippen LogP contribution >= 0.6 is 0 Å². The molecule has 0 saturated carbocycles. The van der Waals surface area contributed by atoms with Crippen LogP contribution in [0.15, 0.2) is 17.0 Å². The van der Waals surface area contributed by atoms with Gasteiger partial charge in [0.05, 0.1) is 7.11 Å². The molecule has 7 heteroatoms. The Hall–Kier alpha value is -1.60. The number of carbonyl (C=O) groups is 1. The summed E-state index contributed by atoms with van der Waals surface area (Å²) in [5.41, 5.74) is -0.285. The fraction of sp³-hybridized carbons (Fsp3) is 0.125. The molecule has 0 aliphatic heterocycles. The summed E-state index contributed by atoms with van der Waals surface area (Å²) >= 11 is 0. The Labute approximate surface area is 85.9 Å². The van der Waals surface area contributed by atoms with Gasteiger partial charge in [-0.1, -0.05) is 0 Å². The second-order valence-electron chi connectivity index (χ2n) is 2.63. The topological polar surface area (TPSA) is 101 Å². The third kappa shape index (κ3) is 2.08. The van der Waals surface area contributed by atoms with Crippen LogP contribution in [0, 0.1) is 0 Å². The molecule has 6 nitrogen and oxygen atoms in total. The first kappa shape index (κ1) is 11.5. The van der Waals surface area contributed by atoms with Crippen LogP contribution < -0.4 is 4.74 Å². The van der Waals surface area contributed by atoms with Gasteiger partial charge in [0.2, 0.25) is 0 Å². The predicted molar refractivity (Wildman–Crippen MR) is 49.9 cm³/mol. The van der Waals surface area contributed by atoms with Gasteiger partial charge in [-0.15, -0.1) is 0 Å². The number of ether oxygens (including phenoxy) is 1. The molecule has 0 unspecified atom stereocenters. The van der Waals surface area contributed by atoms with E-state index in [1.54, 1.807) is 0 Å². The highest BCUT2D eigenvalue weighted by molar-refractivity contribution is 7.86. The molecule has 0 aromatic heterocycles. The molecule has 2 N–H and O–H groups in total. The Kier molecular flexibility index (Phi) is 2.96. The number of aldehydes is 1. The number of carbonyl (C=O) groups excluding carboxylic acids is 1. The third-order valence-electron chi connectivity index (χ3n) is 1.71. The molecule has 1 rings (SSSR count). The van der Waals surface area contributed by atoms with E-state index in [9.17, 15) is 18.3 Å². The lowest BCUT2D eigenvalue weighted by Crippen LogP contribution is -2.05. The standard InChI is InChI=1S/C8H8O6S/c1-14-7-6(10)3-2-5(4-9)8(7)15(11,12)13/h2-4,10H,1H3,(H,11,12,13).